The Labute approximate surface area is 94.8 Å². The van der Waals surface area contributed by atoms with Crippen molar-refractivity contribution in [3.05, 3.63) is 59.2 Å². The molecule has 0 bridgehead atoms. The van der Waals surface area contributed by atoms with Gasteiger partial charge in [-0.05, 0) is 29.7 Å². The van der Waals surface area contributed by atoms with Gasteiger partial charge in [0.2, 0.25) is 0 Å². The first-order valence-corrected chi connectivity index (χ1v) is 5.22. The highest BCUT2D eigenvalue weighted by Gasteiger charge is 2.04. The zero-order valence-electron chi connectivity index (χ0n) is 9.14. The van der Waals surface area contributed by atoms with Crippen LogP contribution >= 0.6 is 0 Å². The second-order valence-electron chi connectivity index (χ2n) is 3.92. The highest BCUT2D eigenvalue weighted by atomic mass is 16.3. The van der Waals surface area contributed by atoms with Crippen molar-refractivity contribution in [2.24, 2.45) is 0 Å². The molecule has 0 atom stereocenters. The van der Waals surface area contributed by atoms with E-state index in [1.165, 1.54) is 17.2 Å². The zero-order valence-corrected chi connectivity index (χ0v) is 9.14. The summed E-state index contributed by atoms with van der Waals surface area (Å²) in [5.74, 6) is 0.231. The lowest BCUT2D eigenvalue weighted by molar-refractivity contribution is 0.447. The Hall–Kier alpha value is -1.96. The van der Waals surface area contributed by atoms with E-state index in [1.54, 1.807) is 12.1 Å². The summed E-state index contributed by atoms with van der Waals surface area (Å²) in [6, 6.07) is 12.8. The third-order valence-corrected chi connectivity index (χ3v) is 2.71. The molecule has 0 aliphatic carbocycles. The molecule has 2 aromatic rings. The van der Waals surface area contributed by atoms with Crippen molar-refractivity contribution >= 4 is 0 Å². The van der Waals surface area contributed by atoms with Crippen LogP contribution in [0.4, 0.5) is 0 Å². The van der Waals surface area contributed by atoms with Crippen LogP contribution in [0.25, 0.3) is 0 Å². The van der Waals surface area contributed by atoms with Crippen LogP contribution in [0.3, 0.4) is 0 Å². The van der Waals surface area contributed by atoms with Gasteiger partial charge < -0.3 is 10.2 Å². The number of hydrogen-bond acceptors (Lipinski definition) is 2. The molecule has 0 aromatic heterocycles. The summed E-state index contributed by atoms with van der Waals surface area (Å²) in [4.78, 5) is 0. The van der Waals surface area contributed by atoms with E-state index in [4.69, 9.17) is 0 Å². The molecule has 2 aromatic carbocycles. The fourth-order valence-corrected chi connectivity index (χ4v) is 1.72. The van der Waals surface area contributed by atoms with Crippen LogP contribution in [-0.2, 0) is 6.42 Å². The van der Waals surface area contributed by atoms with Crippen LogP contribution < -0.4 is 0 Å². The lowest BCUT2D eigenvalue weighted by Crippen LogP contribution is -1.91. The molecular formula is C14H14O2. The minimum atomic E-state index is 0.0889. The molecule has 2 N–H and O–H groups in total. The van der Waals surface area contributed by atoms with E-state index in [0.717, 1.165) is 5.56 Å². The minimum Gasteiger partial charge on any atom is -0.508 e. The first-order chi connectivity index (χ1) is 7.66. The Morgan fingerprint density at radius 1 is 0.938 bits per heavy atom. The van der Waals surface area contributed by atoms with Gasteiger partial charge in [-0.1, -0.05) is 30.3 Å². The first-order valence-electron chi connectivity index (χ1n) is 5.22. The molecular weight excluding hydrogens is 200 g/mol. The van der Waals surface area contributed by atoms with Gasteiger partial charge in [0, 0.05) is 12.5 Å². The molecule has 0 radical (unpaired) electrons. The second-order valence-corrected chi connectivity index (χ2v) is 3.92. The molecule has 0 saturated carbocycles. The topological polar surface area (TPSA) is 40.5 Å². The van der Waals surface area contributed by atoms with Crippen LogP contribution in [0.1, 0.15) is 16.7 Å². The number of phenols is 2. The van der Waals surface area contributed by atoms with E-state index in [2.05, 4.69) is 0 Å². The summed E-state index contributed by atoms with van der Waals surface area (Å²) in [6.07, 6.45) is 0.679. The minimum absolute atomic E-state index is 0.0889. The Balaban J connectivity index is 2.31. The quantitative estimate of drug-likeness (QED) is 0.806. The maximum absolute atomic E-state index is 9.68. The number of benzene rings is 2. The molecule has 2 heteroatoms. The summed E-state index contributed by atoms with van der Waals surface area (Å²) >= 11 is 0. The van der Waals surface area contributed by atoms with Gasteiger partial charge in [0.1, 0.15) is 11.5 Å². The molecule has 0 aliphatic rings. The molecule has 2 nitrogen and oxygen atoms in total. The van der Waals surface area contributed by atoms with Crippen LogP contribution in [0.5, 0.6) is 11.5 Å². The van der Waals surface area contributed by atoms with Crippen molar-refractivity contribution in [2.45, 2.75) is 13.3 Å². The Morgan fingerprint density at radius 3 is 2.38 bits per heavy atom. The second kappa shape index (κ2) is 4.27. The summed E-state index contributed by atoms with van der Waals surface area (Å²) in [7, 11) is 0. The zero-order chi connectivity index (χ0) is 11.5. The molecule has 0 aliphatic heterocycles. The van der Waals surface area contributed by atoms with Crippen LogP contribution in [-0.4, -0.2) is 10.2 Å². The third-order valence-electron chi connectivity index (χ3n) is 2.71. The Bertz CT molecular complexity index is 504. The van der Waals surface area contributed by atoms with Crippen molar-refractivity contribution in [3.8, 4) is 11.5 Å². The van der Waals surface area contributed by atoms with Crippen molar-refractivity contribution in [2.75, 3.05) is 0 Å². The number of phenolic OH excluding ortho intramolecular Hbond substituents is 2. The first kappa shape index (κ1) is 10.6. The standard InChI is InChI=1S/C14H14O2/c1-10-4-2-3-5-11(10)8-12-6-7-13(15)9-14(12)16/h2-7,9,15-16H,8H2,1H3. The molecule has 0 heterocycles. The fourth-order valence-electron chi connectivity index (χ4n) is 1.72. The molecule has 82 valence electrons. The third kappa shape index (κ3) is 2.16. The number of hydrogen-bond donors (Lipinski definition) is 2. The molecule has 0 spiro atoms. The Kier molecular flexibility index (Phi) is 2.82. The smallest absolute Gasteiger partial charge is 0.122 e. The number of rotatable bonds is 2. The monoisotopic (exact) mass is 214 g/mol. The fraction of sp³-hybridized carbons (Fsp3) is 0.143. The van der Waals surface area contributed by atoms with Gasteiger partial charge in [-0.3, -0.25) is 0 Å². The average Bonchev–Trinajstić information content (AvgIpc) is 2.25. The SMILES string of the molecule is Cc1ccccc1Cc1ccc(O)cc1O. The van der Waals surface area contributed by atoms with Gasteiger partial charge in [0.25, 0.3) is 0 Å². The number of aryl methyl sites for hydroxylation is 1. The highest BCUT2D eigenvalue weighted by molar-refractivity contribution is 5.42. The lowest BCUT2D eigenvalue weighted by atomic mass is 10.00. The highest BCUT2D eigenvalue weighted by Crippen LogP contribution is 2.25. The van der Waals surface area contributed by atoms with Gasteiger partial charge in [-0.15, -0.1) is 0 Å². The largest absolute Gasteiger partial charge is 0.508 e. The molecule has 0 saturated heterocycles. The van der Waals surface area contributed by atoms with Crippen molar-refractivity contribution < 1.29 is 10.2 Å². The predicted molar refractivity (Wildman–Crippen MR) is 63.8 cm³/mol. The molecule has 0 fully saturated rings. The van der Waals surface area contributed by atoms with Gasteiger partial charge in [0.15, 0.2) is 0 Å². The van der Waals surface area contributed by atoms with E-state index in [1.807, 2.05) is 31.2 Å². The maximum Gasteiger partial charge on any atom is 0.122 e. The van der Waals surface area contributed by atoms with E-state index >= 15 is 0 Å². The summed E-state index contributed by atoms with van der Waals surface area (Å²) in [5, 5.41) is 18.9. The van der Waals surface area contributed by atoms with E-state index in [9.17, 15) is 10.2 Å². The van der Waals surface area contributed by atoms with E-state index in [0.29, 0.717) is 6.42 Å². The van der Waals surface area contributed by atoms with Gasteiger partial charge in [0.05, 0.1) is 0 Å². The molecule has 0 amide bonds. The average molecular weight is 214 g/mol. The van der Waals surface area contributed by atoms with Crippen LogP contribution in [0, 0.1) is 6.92 Å². The maximum atomic E-state index is 9.68. The van der Waals surface area contributed by atoms with E-state index in [-0.39, 0.29) is 11.5 Å². The molecule has 16 heavy (non-hydrogen) atoms. The van der Waals surface area contributed by atoms with Crippen molar-refractivity contribution in [3.63, 3.8) is 0 Å². The van der Waals surface area contributed by atoms with Crippen molar-refractivity contribution in [1.82, 2.24) is 0 Å². The molecule has 2 rings (SSSR count). The summed E-state index contributed by atoms with van der Waals surface area (Å²) < 4.78 is 0. The lowest BCUT2D eigenvalue weighted by Gasteiger charge is -2.07. The van der Waals surface area contributed by atoms with Gasteiger partial charge in [-0.25, -0.2) is 0 Å². The van der Waals surface area contributed by atoms with Gasteiger partial charge in [-0.2, -0.15) is 0 Å². The Morgan fingerprint density at radius 2 is 1.69 bits per heavy atom. The molecule has 0 unspecified atom stereocenters. The number of aromatic hydroxyl groups is 2. The van der Waals surface area contributed by atoms with Crippen molar-refractivity contribution in [1.29, 1.82) is 0 Å². The van der Waals surface area contributed by atoms with Crippen LogP contribution in [0.2, 0.25) is 0 Å². The van der Waals surface area contributed by atoms with Crippen LogP contribution in [0.15, 0.2) is 42.5 Å². The summed E-state index contributed by atoms with van der Waals surface area (Å²) in [5.41, 5.74) is 3.21. The van der Waals surface area contributed by atoms with E-state index < -0.39 is 0 Å². The van der Waals surface area contributed by atoms with Gasteiger partial charge >= 0.3 is 0 Å². The summed E-state index contributed by atoms with van der Waals surface area (Å²) in [6.45, 7) is 2.05. The predicted octanol–water partition coefficient (Wildman–Crippen LogP) is 3.00. The normalized spacial score (nSPS) is 10.3.